The zero-order valence-electron chi connectivity index (χ0n) is 8.01. The third-order valence-corrected chi connectivity index (χ3v) is 1.76. The molecule has 0 aliphatic carbocycles. The van der Waals surface area contributed by atoms with Crippen molar-refractivity contribution in [3.63, 3.8) is 0 Å². The first-order valence-corrected chi connectivity index (χ1v) is 4.13. The van der Waals surface area contributed by atoms with E-state index in [9.17, 15) is 9.59 Å². The summed E-state index contributed by atoms with van der Waals surface area (Å²) in [5, 5.41) is 8.78. The molecule has 76 valence electrons. The van der Waals surface area contributed by atoms with Crippen LogP contribution in [-0.4, -0.2) is 23.8 Å². The predicted molar refractivity (Wildman–Crippen MR) is 49.6 cm³/mol. The maximum Gasteiger partial charge on any atom is 0.376 e. The number of hydrogen-bond donors (Lipinski definition) is 0. The van der Waals surface area contributed by atoms with Crippen LogP contribution in [0.4, 0.5) is 0 Å². The van der Waals surface area contributed by atoms with Crippen LogP contribution in [0.2, 0.25) is 0 Å². The van der Waals surface area contributed by atoms with Crippen LogP contribution in [0.25, 0.3) is 0 Å². The minimum atomic E-state index is -1.20. The molecule has 0 radical (unpaired) electrons. The number of Topliss-reactive ketones (excluding diaryl/α,β-unsaturated/α-hetero) is 1. The minimum Gasteiger partial charge on any atom is -0.463 e. The number of nitrogens with zero attached hydrogens (tertiary/aromatic N) is 2. The number of esters is 1. The molecule has 0 unspecified atom stereocenters. The zero-order chi connectivity index (χ0) is 11.3. The van der Waals surface area contributed by atoms with E-state index >= 15 is 0 Å². The molecule has 0 aliphatic rings. The van der Waals surface area contributed by atoms with Crippen LogP contribution < -0.4 is 0 Å². The van der Waals surface area contributed by atoms with E-state index in [0.29, 0.717) is 0 Å². The standard InChI is InChI=1S/C10H8N2O3/c1-15-10(14)9(13)7(6-11)8-4-2-3-5-12-8/h2-5,7H,1H3/t7-/m1/s1. The molecule has 5 nitrogen and oxygen atoms in total. The van der Waals surface area contributed by atoms with Crippen LogP contribution in [0.5, 0.6) is 0 Å². The van der Waals surface area contributed by atoms with Gasteiger partial charge >= 0.3 is 5.97 Å². The van der Waals surface area contributed by atoms with E-state index in [0.717, 1.165) is 7.11 Å². The topological polar surface area (TPSA) is 80.0 Å². The molecule has 0 saturated heterocycles. The molecule has 0 fully saturated rings. The van der Waals surface area contributed by atoms with Crippen molar-refractivity contribution in [2.45, 2.75) is 5.92 Å². The average Bonchev–Trinajstić information content (AvgIpc) is 2.30. The third-order valence-electron chi connectivity index (χ3n) is 1.76. The quantitative estimate of drug-likeness (QED) is 0.527. The van der Waals surface area contributed by atoms with Crippen LogP contribution >= 0.6 is 0 Å². The molecule has 0 amide bonds. The van der Waals surface area contributed by atoms with Crippen LogP contribution in [-0.2, 0) is 14.3 Å². The number of rotatable bonds is 3. The number of ketones is 1. The first-order chi connectivity index (χ1) is 7.20. The summed E-state index contributed by atoms with van der Waals surface area (Å²) in [4.78, 5) is 26.1. The van der Waals surface area contributed by atoms with E-state index in [1.54, 1.807) is 18.2 Å². The van der Waals surface area contributed by atoms with Gasteiger partial charge in [0.25, 0.3) is 5.78 Å². The van der Waals surface area contributed by atoms with Gasteiger partial charge < -0.3 is 4.74 Å². The Bertz CT molecular complexity index is 408. The van der Waals surface area contributed by atoms with Crippen molar-refractivity contribution in [2.24, 2.45) is 0 Å². The lowest BCUT2D eigenvalue weighted by Gasteiger charge is -2.04. The summed E-state index contributed by atoms with van der Waals surface area (Å²) >= 11 is 0. The Balaban J connectivity index is 2.97. The Kier molecular flexibility index (Phi) is 3.52. The molecular formula is C10H8N2O3. The highest BCUT2D eigenvalue weighted by Crippen LogP contribution is 2.13. The minimum absolute atomic E-state index is 0.246. The molecule has 0 aliphatic heterocycles. The molecule has 1 rings (SSSR count). The molecule has 1 aromatic rings. The number of methoxy groups -OCH3 is 1. The lowest BCUT2D eigenvalue weighted by Crippen LogP contribution is -2.23. The van der Waals surface area contributed by atoms with Gasteiger partial charge in [-0.2, -0.15) is 5.26 Å². The zero-order valence-corrected chi connectivity index (χ0v) is 8.01. The summed E-state index contributed by atoms with van der Waals surface area (Å²) in [6, 6.07) is 6.52. The lowest BCUT2D eigenvalue weighted by molar-refractivity contribution is -0.151. The molecule has 0 saturated carbocycles. The van der Waals surface area contributed by atoms with E-state index in [4.69, 9.17) is 5.26 Å². The summed E-state index contributed by atoms with van der Waals surface area (Å²) in [5.41, 5.74) is 0.246. The normalized spacial score (nSPS) is 11.2. The summed E-state index contributed by atoms with van der Waals surface area (Å²) in [7, 11) is 1.09. The average molecular weight is 204 g/mol. The monoisotopic (exact) mass is 204 g/mol. The van der Waals surface area contributed by atoms with Gasteiger partial charge in [-0.1, -0.05) is 6.07 Å². The van der Waals surface area contributed by atoms with E-state index in [1.165, 1.54) is 12.3 Å². The van der Waals surface area contributed by atoms with Gasteiger partial charge in [0, 0.05) is 6.20 Å². The third kappa shape index (κ3) is 2.38. The summed E-state index contributed by atoms with van der Waals surface area (Å²) in [5.74, 6) is -3.13. The molecule has 0 bridgehead atoms. The Morgan fingerprint density at radius 1 is 1.53 bits per heavy atom. The van der Waals surface area contributed by atoms with Crippen molar-refractivity contribution in [1.29, 1.82) is 5.26 Å². The summed E-state index contributed by atoms with van der Waals surface area (Å²) in [6.07, 6.45) is 1.45. The van der Waals surface area contributed by atoms with Crippen LogP contribution in [0.15, 0.2) is 24.4 Å². The highest BCUT2D eigenvalue weighted by atomic mass is 16.5. The van der Waals surface area contributed by atoms with Gasteiger partial charge in [0.15, 0.2) is 5.92 Å². The molecule has 5 heteroatoms. The second-order valence-electron chi connectivity index (χ2n) is 2.67. The first kappa shape index (κ1) is 10.9. The fraction of sp³-hybridized carbons (Fsp3) is 0.200. The molecule has 1 aromatic heterocycles. The number of aromatic nitrogens is 1. The van der Waals surface area contributed by atoms with E-state index < -0.39 is 17.7 Å². The van der Waals surface area contributed by atoms with Crippen LogP contribution in [0.1, 0.15) is 11.6 Å². The molecule has 0 N–H and O–H groups in total. The Morgan fingerprint density at radius 3 is 2.73 bits per heavy atom. The number of carbonyl (C=O) groups excluding carboxylic acids is 2. The highest BCUT2D eigenvalue weighted by molar-refractivity contribution is 6.36. The van der Waals surface area contributed by atoms with Gasteiger partial charge in [0.05, 0.1) is 18.9 Å². The largest absolute Gasteiger partial charge is 0.463 e. The number of ether oxygens (including phenoxy) is 1. The van der Waals surface area contributed by atoms with Crippen molar-refractivity contribution in [2.75, 3.05) is 7.11 Å². The molecular weight excluding hydrogens is 196 g/mol. The summed E-state index contributed by atoms with van der Waals surface area (Å²) in [6.45, 7) is 0. The maximum absolute atomic E-state index is 11.4. The SMILES string of the molecule is COC(=O)C(=O)[C@H](C#N)c1ccccn1. The van der Waals surface area contributed by atoms with Crippen LogP contribution in [0.3, 0.4) is 0 Å². The highest BCUT2D eigenvalue weighted by Gasteiger charge is 2.28. The van der Waals surface area contributed by atoms with Crippen molar-refractivity contribution in [3.05, 3.63) is 30.1 Å². The second-order valence-corrected chi connectivity index (χ2v) is 2.67. The molecule has 1 heterocycles. The van der Waals surface area contributed by atoms with E-state index in [2.05, 4.69) is 9.72 Å². The first-order valence-electron chi connectivity index (χ1n) is 4.13. The van der Waals surface area contributed by atoms with Gasteiger partial charge in [-0.05, 0) is 12.1 Å². The Morgan fingerprint density at radius 2 is 2.27 bits per heavy atom. The molecule has 0 spiro atoms. The van der Waals surface area contributed by atoms with E-state index in [1.807, 2.05) is 0 Å². The van der Waals surface area contributed by atoms with E-state index in [-0.39, 0.29) is 5.69 Å². The van der Waals surface area contributed by atoms with Gasteiger partial charge in [0.2, 0.25) is 0 Å². The maximum atomic E-state index is 11.4. The van der Waals surface area contributed by atoms with Crippen molar-refractivity contribution < 1.29 is 14.3 Å². The number of nitriles is 1. The summed E-state index contributed by atoms with van der Waals surface area (Å²) < 4.78 is 4.25. The Labute approximate surface area is 86.3 Å². The van der Waals surface area contributed by atoms with Crippen LogP contribution in [0, 0.1) is 11.3 Å². The molecule has 1 atom stereocenters. The van der Waals surface area contributed by atoms with Crippen molar-refractivity contribution in [1.82, 2.24) is 4.98 Å². The van der Waals surface area contributed by atoms with Gasteiger partial charge in [-0.15, -0.1) is 0 Å². The van der Waals surface area contributed by atoms with Crippen molar-refractivity contribution in [3.8, 4) is 6.07 Å². The predicted octanol–water partition coefficient (Wildman–Crippen LogP) is 0.431. The lowest BCUT2D eigenvalue weighted by atomic mass is 10.0. The fourth-order valence-electron chi connectivity index (χ4n) is 1.02. The van der Waals surface area contributed by atoms with Crippen molar-refractivity contribution >= 4 is 11.8 Å². The second kappa shape index (κ2) is 4.86. The van der Waals surface area contributed by atoms with Gasteiger partial charge in [0.1, 0.15) is 0 Å². The Hall–Kier alpha value is -2.22. The van der Waals surface area contributed by atoms with Gasteiger partial charge in [-0.3, -0.25) is 9.78 Å². The fourth-order valence-corrected chi connectivity index (χ4v) is 1.02. The number of pyridine rings is 1. The molecule has 15 heavy (non-hydrogen) atoms. The number of hydrogen-bond acceptors (Lipinski definition) is 5. The molecule has 0 aromatic carbocycles. The smallest absolute Gasteiger partial charge is 0.376 e. The number of carbonyl (C=O) groups is 2. The van der Waals surface area contributed by atoms with Gasteiger partial charge in [-0.25, -0.2) is 4.79 Å².